The summed E-state index contributed by atoms with van der Waals surface area (Å²) in [5.74, 6) is -0.332. The van der Waals surface area contributed by atoms with Gasteiger partial charge in [0.2, 0.25) is 10.0 Å². The van der Waals surface area contributed by atoms with Crippen LogP contribution in [0.1, 0.15) is 17.3 Å². The van der Waals surface area contributed by atoms with E-state index < -0.39 is 10.0 Å². The van der Waals surface area contributed by atoms with Gasteiger partial charge in [0.1, 0.15) is 0 Å². The molecule has 0 aliphatic heterocycles. The number of carbonyl (C=O) groups excluding carboxylic acids is 1. The van der Waals surface area contributed by atoms with E-state index in [0.29, 0.717) is 5.56 Å². The van der Waals surface area contributed by atoms with Gasteiger partial charge in [-0.15, -0.1) is 0 Å². The zero-order chi connectivity index (χ0) is 19.2. The third kappa shape index (κ3) is 5.29. The molecule has 0 aliphatic carbocycles. The summed E-state index contributed by atoms with van der Waals surface area (Å²) in [7, 11) is -0.428. The van der Waals surface area contributed by atoms with Gasteiger partial charge in [0, 0.05) is 25.8 Å². The largest absolute Gasteiger partial charge is 0.383 e. The van der Waals surface area contributed by atoms with Crippen LogP contribution in [0, 0.1) is 0 Å². The van der Waals surface area contributed by atoms with Crippen LogP contribution in [0.15, 0.2) is 59.5 Å². The molecule has 0 heterocycles. The molecule has 0 aliphatic rings. The molecule has 2 aromatic carbocycles. The van der Waals surface area contributed by atoms with Crippen molar-refractivity contribution in [1.82, 2.24) is 10.1 Å². The first-order valence-corrected chi connectivity index (χ1v) is 9.53. The van der Waals surface area contributed by atoms with Crippen molar-refractivity contribution in [3.05, 3.63) is 60.2 Å². The van der Waals surface area contributed by atoms with E-state index in [2.05, 4.69) is 10.1 Å². The Kier molecular flexibility index (Phi) is 6.73. The fourth-order valence-electron chi connectivity index (χ4n) is 2.34. The molecule has 0 aromatic heterocycles. The maximum absolute atomic E-state index is 12.3. The van der Waals surface area contributed by atoms with E-state index in [0.717, 1.165) is 5.69 Å². The van der Waals surface area contributed by atoms with Gasteiger partial charge in [-0.25, -0.2) is 13.1 Å². The Morgan fingerprint density at radius 1 is 1.12 bits per heavy atom. The third-order valence-corrected chi connectivity index (χ3v) is 5.22. The third-order valence-electron chi connectivity index (χ3n) is 3.61. The Morgan fingerprint density at radius 3 is 2.31 bits per heavy atom. The predicted octanol–water partition coefficient (Wildman–Crippen LogP) is 1.78. The lowest BCUT2D eigenvalue weighted by molar-refractivity contribution is 0.0951. The molecule has 0 spiro atoms. The number of sulfonamides is 1. The smallest absolute Gasteiger partial charge is 0.269 e. The Balaban J connectivity index is 2.05. The molecule has 0 unspecified atom stereocenters. The molecular formula is C18H23N3O4S. The average molecular weight is 377 g/mol. The summed E-state index contributed by atoms with van der Waals surface area (Å²) in [6.45, 7) is 1.98. The number of hydrogen-bond donors (Lipinski definition) is 2. The van der Waals surface area contributed by atoms with E-state index in [4.69, 9.17) is 4.74 Å². The molecular weight excluding hydrogens is 354 g/mol. The fourth-order valence-corrected chi connectivity index (χ4v) is 3.56. The molecule has 0 saturated carbocycles. The number of para-hydroxylation sites is 1. The molecule has 2 rings (SSSR count). The van der Waals surface area contributed by atoms with Crippen molar-refractivity contribution in [1.29, 1.82) is 0 Å². The summed E-state index contributed by atoms with van der Waals surface area (Å²) in [5, 5.41) is 1.60. The highest BCUT2D eigenvalue weighted by Gasteiger charge is 2.18. The van der Waals surface area contributed by atoms with Gasteiger partial charge in [-0.3, -0.25) is 15.2 Å². The number of ether oxygens (including phenoxy) is 1. The zero-order valence-electron chi connectivity index (χ0n) is 15.0. The number of nitrogens with zero attached hydrogens (tertiary/aromatic N) is 1. The van der Waals surface area contributed by atoms with Crippen molar-refractivity contribution in [2.75, 3.05) is 25.8 Å². The van der Waals surface area contributed by atoms with E-state index in [9.17, 15) is 13.2 Å². The zero-order valence-corrected chi connectivity index (χ0v) is 15.8. The highest BCUT2D eigenvalue weighted by molar-refractivity contribution is 7.89. The van der Waals surface area contributed by atoms with Gasteiger partial charge in [0.15, 0.2) is 0 Å². The van der Waals surface area contributed by atoms with Gasteiger partial charge in [0.05, 0.1) is 17.2 Å². The lowest BCUT2D eigenvalue weighted by atomic mass is 10.2. The minimum absolute atomic E-state index is 0.0911. The molecule has 26 heavy (non-hydrogen) atoms. The Morgan fingerprint density at radius 2 is 1.73 bits per heavy atom. The molecule has 0 fully saturated rings. The van der Waals surface area contributed by atoms with Gasteiger partial charge in [0.25, 0.3) is 5.91 Å². The van der Waals surface area contributed by atoms with Crippen molar-refractivity contribution in [3.8, 4) is 0 Å². The molecule has 0 saturated heterocycles. The summed E-state index contributed by atoms with van der Waals surface area (Å²) >= 11 is 0. The van der Waals surface area contributed by atoms with Crippen LogP contribution < -0.4 is 15.2 Å². The van der Waals surface area contributed by atoms with E-state index >= 15 is 0 Å². The topological polar surface area (TPSA) is 87.7 Å². The predicted molar refractivity (Wildman–Crippen MR) is 100 cm³/mol. The van der Waals surface area contributed by atoms with Gasteiger partial charge in [-0.2, -0.15) is 0 Å². The second-order valence-corrected chi connectivity index (χ2v) is 7.55. The number of anilines is 1. The molecule has 0 bridgehead atoms. The minimum Gasteiger partial charge on any atom is -0.383 e. The molecule has 1 atom stereocenters. The maximum atomic E-state index is 12.3. The van der Waals surface area contributed by atoms with Crippen molar-refractivity contribution in [3.63, 3.8) is 0 Å². The van der Waals surface area contributed by atoms with E-state index in [1.807, 2.05) is 30.3 Å². The monoisotopic (exact) mass is 377 g/mol. The van der Waals surface area contributed by atoms with Crippen LogP contribution in [0.25, 0.3) is 0 Å². The number of carbonyl (C=O) groups is 1. The molecule has 8 heteroatoms. The summed E-state index contributed by atoms with van der Waals surface area (Å²) in [6, 6.07) is 14.8. The number of amides is 1. The van der Waals surface area contributed by atoms with Crippen molar-refractivity contribution < 1.29 is 17.9 Å². The van der Waals surface area contributed by atoms with Gasteiger partial charge in [-0.05, 0) is 43.3 Å². The number of benzene rings is 2. The quantitative estimate of drug-likeness (QED) is 0.685. The van der Waals surface area contributed by atoms with E-state index in [1.165, 1.54) is 31.4 Å². The first-order chi connectivity index (χ1) is 12.3. The van der Waals surface area contributed by atoms with Crippen LogP contribution in [0.4, 0.5) is 5.69 Å². The van der Waals surface area contributed by atoms with Crippen LogP contribution in [0.5, 0.6) is 0 Å². The van der Waals surface area contributed by atoms with Crippen LogP contribution in [0.3, 0.4) is 0 Å². The van der Waals surface area contributed by atoms with E-state index in [1.54, 1.807) is 19.0 Å². The summed E-state index contributed by atoms with van der Waals surface area (Å²) in [6.07, 6.45) is 0. The van der Waals surface area contributed by atoms with Crippen LogP contribution in [0.2, 0.25) is 0 Å². The first kappa shape index (κ1) is 19.9. The molecule has 140 valence electrons. The molecule has 1 amide bonds. The number of rotatable bonds is 8. The standard InChI is InChI=1S/C18H23N3O4S/c1-14(13-25-3)20-26(23,24)17-11-9-15(10-12-17)18(22)19-21(2)16-7-5-4-6-8-16/h4-12,14,20H,13H2,1-3H3,(H,19,22)/t14-/m1/s1. The second-order valence-electron chi connectivity index (χ2n) is 5.84. The number of methoxy groups -OCH3 is 1. The second kappa shape index (κ2) is 8.79. The van der Waals surface area contributed by atoms with Gasteiger partial charge in [-0.1, -0.05) is 18.2 Å². The normalized spacial score (nSPS) is 12.4. The van der Waals surface area contributed by atoms with Gasteiger partial charge >= 0.3 is 0 Å². The Labute approximate surface area is 154 Å². The summed E-state index contributed by atoms with van der Waals surface area (Å²) in [4.78, 5) is 12.4. The molecule has 2 N–H and O–H groups in total. The number of hydrazine groups is 1. The van der Waals surface area contributed by atoms with E-state index in [-0.39, 0.29) is 23.5 Å². The Hall–Kier alpha value is -2.42. The van der Waals surface area contributed by atoms with Crippen molar-refractivity contribution in [2.24, 2.45) is 0 Å². The fraction of sp³-hybridized carbons (Fsp3) is 0.278. The average Bonchev–Trinajstić information content (AvgIpc) is 2.62. The SMILES string of the molecule is COC[C@@H](C)NS(=O)(=O)c1ccc(C(=O)NN(C)c2ccccc2)cc1. The minimum atomic E-state index is -3.66. The lowest BCUT2D eigenvalue weighted by Gasteiger charge is -2.20. The summed E-state index contributed by atoms with van der Waals surface area (Å²) in [5.41, 5.74) is 3.92. The van der Waals surface area contributed by atoms with Crippen molar-refractivity contribution >= 4 is 21.6 Å². The Bertz CT molecular complexity index is 823. The first-order valence-electron chi connectivity index (χ1n) is 8.04. The van der Waals surface area contributed by atoms with Crippen LogP contribution >= 0.6 is 0 Å². The summed E-state index contributed by atoms with van der Waals surface area (Å²) < 4.78 is 32.0. The maximum Gasteiger partial charge on any atom is 0.269 e. The highest BCUT2D eigenvalue weighted by atomic mass is 32.2. The molecule has 7 nitrogen and oxygen atoms in total. The number of nitrogens with one attached hydrogen (secondary N) is 2. The number of hydrogen-bond acceptors (Lipinski definition) is 5. The molecule has 2 aromatic rings. The lowest BCUT2D eigenvalue weighted by Crippen LogP contribution is -2.39. The van der Waals surface area contributed by atoms with Crippen LogP contribution in [-0.4, -0.2) is 41.1 Å². The van der Waals surface area contributed by atoms with Gasteiger partial charge < -0.3 is 4.74 Å². The molecule has 0 radical (unpaired) electrons. The van der Waals surface area contributed by atoms with Crippen molar-refractivity contribution in [2.45, 2.75) is 17.9 Å². The highest BCUT2D eigenvalue weighted by Crippen LogP contribution is 2.13. The van der Waals surface area contributed by atoms with Crippen LogP contribution in [-0.2, 0) is 14.8 Å².